The van der Waals surface area contributed by atoms with E-state index in [2.05, 4.69) is 31.4 Å². The zero-order chi connectivity index (χ0) is 15.7. The van der Waals surface area contributed by atoms with Gasteiger partial charge in [0.15, 0.2) is 0 Å². The third kappa shape index (κ3) is 3.62. The molecule has 2 atom stereocenters. The van der Waals surface area contributed by atoms with Crippen molar-refractivity contribution < 1.29 is 9.18 Å². The van der Waals surface area contributed by atoms with Crippen LogP contribution in [0.5, 0.6) is 0 Å². The van der Waals surface area contributed by atoms with Gasteiger partial charge in [-0.05, 0) is 49.4 Å². The maximum absolute atomic E-state index is 13.1. The van der Waals surface area contributed by atoms with Crippen molar-refractivity contribution in [3.05, 3.63) is 35.6 Å². The van der Waals surface area contributed by atoms with Crippen LogP contribution in [-0.2, 0) is 4.79 Å². The first-order chi connectivity index (χ1) is 9.72. The maximum Gasteiger partial charge on any atom is 0.240 e. The zero-order valence-electron chi connectivity index (χ0n) is 13.3. The van der Waals surface area contributed by atoms with E-state index in [-0.39, 0.29) is 23.2 Å². The number of carbonyl (C=O) groups excluding carboxylic acids is 1. The summed E-state index contributed by atoms with van der Waals surface area (Å²) in [4.78, 5) is 12.6. The Labute approximate surface area is 126 Å². The third-order valence-corrected chi connectivity index (χ3v) is 4.21. The summed E-state index contributed by atoms with van der Waals surface area (Å²) in [5.41, 5.74) is 0.283. The van der Waals surface area contributed by atoms with Crippen LogP contribution >= 0.6 is 0 Å². The Balaban J connectivity index is 2.21. The molecule has 3 nitrogen and oxygen atoms in total. The van der Waals surface area contributed by atoms with E-state index in [0.717, 1.165) is 24.9 Å². The lowest BCUT2D eigenvalue weighted by molar-refractivity contribution is -0.128. The summed E-state index contributed by atoms with van der Waals surface area (Å²) in [7, 11) is 0. The average molecular weight is 292 g/mol. The van der Waals surface area contributed by atoms with Crippen LogP contribution in [-0.4, -0.2) is 18.0 Å². The number of hydrogen-bond donors (Lipinski definition) is 2. The molecule has 1 aliphatic heterocycles. The van der Waals surface area contributed by atoms with Gasteiger partial charge in [-0.15, -0.1) is 0 Å². The molecule has 0 aliphatic carbocycles. The van der Waals surface area contributed by atoms with Gasteiger partial charge >= 0.3 is 0 Å². The van der Waals surface area contributed by atoms with Crippen LogP contribution in [0, 0.1) is 11.2 Å². The summed E-state index contributed by atoms with van der Waals surface area (Å²) in [5, 5.41) is 6.43. The first-order valence-electron chi connectivity index (χ1n) is 7.54. The van der Waals surface area contributed by atoms with Crippen LogP contribution in [0.25, 0.3) is 0 Å². The molecule has 4 heteroatoms. The van der Waals surface area contributed by atoms with Gasteiger partial charge in [-0.1, -0.05) is 32.9 Å². The van der Waals surface area contributed by atoms with Gasteiger partial charge in [0.25, 0.3) is 0 Å². The highest BCUT2D eigenvalue weighted by molar-refractivity contribution is 5.86. The third-order valence-electron chi connectivity index (χ3n) is 4.21. The van der Waals surface area contributed by atoms with E-state index in [0.29, 0.717) is 0 Å². The minimum Gasteiger partial charge on any atom is -0.347 e. The Kier molecular flexibility index (Phi) is 4.38. The molecule has 2 unspecified atom stereocenters. The fourth-order valence-corrected chi connectivity index (χ4v) is 2.83. The number of hydrogen-bond acceptors (Lipinski definition) is 2. The molecule has 2 N–H and O–H groups in total. The van der Waals surface area contributed by atoms with Crippen LogP contribution in [0.4, 0.5) is 4.39 Å². The Hall–Kier alpha value is -1.42. The van der Waals surface area contributed by atoms with E-state index in [1.165, 1.54) is 12.1 Å². The molecule has 1 amide bonds. The molecule has 1 heterocycles. The van der Waals surface area contributed by atoms with Gasteiger partial charge in [0.05, 0.1) is 11.6 Å². The monoisotopic (exact) mass is 292 g/mol. The van der Waals surface area contributed by atoms with Crippen molar-refractivity contribution in [1.29, 1.82) is 0 Å². The summed E-state index contributed by atoms with van der Waals surface area (Å²) in [5.74, 6) is -0.244. The molecular weight excluding hydrogens is 267 g/mol. The first-order valence-corrected chi connectivity index (χ1v) is 7.54. The zero-order valence-corrected chi connectivity index (χ0v) is 13.3. The van der Waals surface area contributed by atoms with Crippen LogP contribution in [0.2, 0.25) is 0 Å². The van der Waals surface area contributed by atoms with E-state index in [4.69, 9.17) is 0 Å². The Morgan fingerprint density at radius 2 is 1.95 bits per heavy atom. The van der Waals surface area contributed by atoms with Crippen molar-refractivity contribution in [3.63, 3.8) is 0 Å². The Morgan fingerprint density at radius 1 is 1.33 bits per heavy atom. The molecule has 2 rings (SSSR count). The SMILES string of the molecule is CC1(C(=O)NC(c2ccc(F)cc2)C(C)(C)C)CCCN1. The van der Waals surface area contributed by atoms with Crippen LogP contribution in [0.1, 0.15) is 52.1 Å². The molecule has 0 spiro atoms. The number of nitrogens with one attached hydrogen (secondary N) is 2. The second-order valence-corrected chi connectivity index (χ2v) is 7.19. The summed E-state index contributed by atoms with van der Waals surface area (Å²) in [6, 6.07) is 6.22. The van der Waals surface area contributed by atoms with Crippen LogP contribution in [0.3, 0.4) is 0 Å². The molecule has 1 aromatic carbocycles. The van der Waals surface area contributed by atoms with E-state index < -0.39 is 5.54 Å². The molecule has 0 bridgehead atoms. The summed E-state index contributed by atoms with van der Waals surface area (Å²) < 4.78 is 13.1. The standard InChI is InChI=1S/C17H25FN2O/c1-16(2,3)14(12-6-8-13(18)9-7-12)20-15(21)17(4)10-5-11-19-17/h6-9,14,19H,5,10-11H2,1-4H3,(H,20,21). The van der Waals surface area contributed by atoms with E-state index >= 15 is 0 Å². The topological polar surface area (TPSA) is 41.1 Å². The number of halogens is 1. The highest BCUT2D eigenvalue weighted by atomic mass is 19.1. The van der Waals surface area contributed by atoms with E-state index in [1.54, 1.807) is 12.1 Å². The molecule has 0 aromatic heterocycles. The lowest BCUT2D eigenvalue weighted by atomic mass is 9.81. The smallest absolute Gasteiger partial charge is 0.240 e. The Bertz CT molecular complexity index is 499. The number of amides is 1. The van der Waals surface area contributed by atoms with Crippen molar-refractivity contribution in [2.45, 2.75) is 52.1 Å². The predicted octanol–water partition coefficient (Wildman–Crippen LogP) is 3.17. The van der Waals surface area contributed by atoms with Crippen molar-refractivity contribution >= 4 is 5.91 Å². The normalized spacial score (nSPS) is 23.9. The molecule has 116 valence electrons. The lowest BCUT2D eigenvalue weighted by Gasteiger charge is -2.35. The molecule has 0 saturated carbocycles. The first kappa shape index (κ1) is 16.0. The lowest BCUT2D eigenvalue weighted by Crippen LogP contribution is -2.53. The van der Waals surface area contributed by atoms with Gasteiger partial charge in [0.2, 0.25) is 5.91 Å². The number of rotatable bonds is 3. The molecule has 1 fully saturated rings. The summed E-state index contributed by atoms with van der Waals surface area (Å²) >= 11 is 0. The average Bonchev–Trinajstić information content (AvgIpc) is 2.84. The minimum absolute atomic E-state index is 0.0178. The molecule has 1 aromatic rings. The van der Waals surface area contributed by atoms with Gasteiger partial charge in [0.1, 0.15) is 5.82 Å². The van der Waals surface area contributed by atoms with Crippen molar-refractivity contribution in [1.82, 2.24) is 10.6 Å². The number of benzene rings is 1. The van der Waals surface area contributed by atoms with Crippen LogP contribution < -0.4 is 10.6 Å². The van der Waals surface area contributed by atoms with Gasteiger partial charge < -0.3 is 10.6 Å². The van der Waals surface area contributed by atoms with Crippen molar-refractivity contribution in [3.8, 4) is 0 Å². The fourth-order valence-electron chi connectivity index (χ4n) is 2.83. The summed E-state index contributed by atoms with van der Waals surface area (Å²) in [6.45, 7) is 9.05. The van der Waals surface area contributed by atoms with Crippen molar-refractivity contribution in [2.24, 2.45) is 5.41 Å². The van der Waals surface area contributed by atoms with Gasteiger partial charge in [-0.25, -0.2) is 4.39 Å². The molecule has 21 heavy (non-hydrogen) atoms. The van der Waals surface area contributed by atoms with Crippen LogP contribution in [0.15, 0.2) is 24.3 Å². The van der Waals surface area contributed by atoms with Gasteiger partial charge in [-0.2, -0.15) is 0 Å². The van der Waals surface area contributed by atoms with E-state index in [9.17, 15) is 9.18 Å². The molecular formula is C17H25FN2O. The highest BCUT2D eigenvalue weighted by Crippen LogP contribution is 2.33. The van der Waals surface area contributed by atoms with Crippen molar-refractivity contribution in [2.75, 3.05) is 6.54 Å². The fraction of sp³-hybridized carbons (Fsp3) is 0.588. The van der Waals surface area contributed by atoms with E-state index in [1.807, 2.05) is 6.92 Å². The summed E-state index contributed by atoms with van der Waals surface area (Å²) in [6.07, 6.45) is 1.86. The van der Waals surface area contributed by atoms with Gasteiger partial charge in [0, 0.05) is 0 Å². The highest BCUT2D eigenvalue weighted by Gasteiger charge is 2.38. The largest absolute Gasteiger partial charge is 0.347 e. The van der Waals surface area contributed by atoms with Gasteiger partial charge in [-0.3, -0.25) is 4.79 Å². The quantitative estimate of drug-likeness (QED) is 0.898. The minimum atomic E-state index is -0.496. The Morgan fingerprint density at radius 3 is 2.43 bits per heavy atom. The second-order valence-electron chi connectivity index (χ2n) is 7.19. The predicted molar refractivity (Wildman–Crippen MR) is 82.4 cm³/mol. The molecule has 0 radical (unpaired) electrons. The maximum atomic E-state index is 13.1. The molecule has 1 aliphatic rings. The molecule has 1 saturated heterocycles. The second kappa shape index (κ2) is 5.76. The number of carbonyl (C=O) groups is 1.